The van der Waals surface area contributed by atoms with E-state index < -0.39 is 35.5 Å². The Morgan fingerprint density at radius 1 is 1.08 bits per heavy atom. The number of carbonyl (C=O) groups excluding carboxylic acids is 3. The van der Waals surface area contributed by atoms with Gasteiger partial charge in [0.1, 0.15) is 23.2 Å². The molecule has 0 unspecified atom stereocenters. The molecule has 11 heteroatoms. The molecule has 3 rings (SSSR count). The topological polar surface area (TPSA) is 97.0 Å². The van der Waals surface area contributed by atoms with Crippen molar-refractivity contribution >= 4 is 46.8 Å². The number of ether oxygens (including phenoxy) is 2. The summed E-state index contributed by atoms with van der Waals surface area (Å²) in [6, 6.07) is 9.27. The van der Waals surface area contributed by atoms with Crippen molar-refractivity contribution in [1.82, 2.24) is 10.2 Å². The summed E-state index contributed by atoms with van der Waals surface area (Å²) in [7, 11) is 0. The fraction of sp³-hybridized carbons (Fsp3) is 0.400. The molecule has 2 aromatic rings. The van der Waals surface area contributed by atoms with Gasteiger partial charge in [-0.05, 0) is 70.0 Å². The zero-order valence-electron chi connectivity index (χ0n) is 20.1. The van der Waals surface area contributed by atoms with Crippen LogP contribution in [0, 0.1) is 5.82 Å². The summed E-state index contributed by atoms with van der Waals surface area (Å²) in [5, 5.41) is 6.08. The van der Waals surface area contributed by atoms with Crippen molar-refractivity contribution in [3.63, 3.8) is 0 Å². The summed E-state index contributed by atoms with van der Waals surface area (Å²) < 4.78 is 24.4. The molecule has 8 nitrogen and oxygen atoms in total. The maximum Gasteiger partial charge on any atom is 0.411 e. The lowest BCUT2D eigenvalue weighted by Gasteiger charge is -2.39. The number of amides is 3. The number of likely N-dealkylation sites (tertiary alicyclic amines) is 1. The Balaban J connectivity index is 1.64. The van der Waals surface area contributed by atoms with Crippen LogP contribution in [0.4, 0.5) is 14.9 Å². The van der Waals surface area contributed by atoms with E-state index in [1.165, 1.54) is 17.0 Å². The maximum atomic E-state index is 13.6. The molecule has 1 heterocycles. The number of piperidine rings is 1. The summed E-state index contributed by atoms with van der Waals surface area (Å²) in [6.07, 6.45) is 0.0808. The number of carbonyl (C=O) groups is 3. The number of anilines is 1. The third kappa shape index (κ3) is 7.99. The monoisotopic (exact) mass is 539 g/mol. The highest BCUT2D eigenvalue weighted by atomic mass is 35.5. The van der Waals surface area contributed by atoms with E-state index >= 15 is 0 Å². The van der Waals surface area contributed by atoms with Gasteiger partial charge in [0.25, 0.3) is 5.91 Å². The fourth-order valence-electron chi connectivity index (χ4n) is 3.63. The molecule has 0 spiro atoms. The number of nitrogens with one attached hydrogen (secondary N) is 2. The molecule has 0 aromatic heterocycles. The second-order valence-electron chi connectivity index (χ2n) is 9.35. The Morgan fingerprint density at radius 3 is 2.42 bits per heavy atom. The largest absolute Gasteiger partial charge is 0.484 e. The molecule has 1 aliphatic rings. The number of rotatable bonds is 6. The van der Waals surface area contributed by atoms with E-state index in [1.807, 2.05) is 0 Å². The third-order valence-corrected chi connectivity index (χ3v) is 5.81. The molecule has 194 valence electrons. The van der Waals surface area contributed by atoms with Crippen LogP contribution in [0.25, 0.3) is 0 Å². The van der Waals surface area contributed by atoms with Crippen LogP contribution in [0.1, 0.15) is 33.6 Å². The summed E-state index contributed by atoms with van der Waals surface area (Å²) in [5.74, 6) is -1.33. The van der Waals surface area contributed by atoms with E-state index in [1.54, 1.807) is 45.0 Å². The van der Waals surface area contributed by atoms with E-state index in [4.69, 9.17) is 32.7 Å². The highest BCUT2D eigenvalue weighted by Crippen LogP contribution is 2.24. The molecule has 2 atom stereocenters. The van der Waals surface area contributed by atoms with Gasteiger partial charge < -0.3 is 20.1 Å². The Bertz CT molecular complexity index is 1110. The van der Waals surface area contributed by atoms with Crippen LogP contribution in [-0.2, 0) is 14.3 Å². The van der Waals surface area contributed by atoms with Gasteiger partial charge in [0.05, 0.1) is 5.02 Å². The van der Waals surface area contributed by atoms with Crippen LogP contribution in [0.15, 0.2) is 42.5 Å². The van der Waals surface area contributed by atoms with Gasteiger partial charge in [-0.25, -0.2) is 9.18 Å². The van der Waals surface area contributed by atoms with Crippen LogP contribution < -0.4 is 15.4 Å². The number of halogens is 3. The number of nitrogens with zero attached hydrogens (tertiary/aromatic N) is 1. The van der Waals surface area contributed by atoms with Crippen molar-refractivity contribution < 1.29 is 28.2 Å². The van der Waals surface area contributed by atoms with Gasteiger partial charge in [0.15, 0.2) is 6.61 Å². The number of hydrogen-bond donors (Lipinski definition) is 2. The molecule has 3 amide bonds. The van der Waals surface area contributed by atoms with Crippen LogP contribution in [0.5, 0.6) is 5.75 Å². The summed E-state index contributed by atoms with van der Waals surface area (Å²) >= 11 is 11.6. The third-order valence-electron chi connectivity index (χ3n) is 5.25. The zero-order chi connectivity index (χ0) is 26.5. The SMILES string of the molecule is CC(C)(C)OC(=O)N1C[C@H](NC(=O)COc2ccc(Cl)c(F)c2)CC[C@H]1C(=O)Nc1ccc(Cl)cc1. The van der Waals surface area contributed by atoms with Crippen LogP contribution >= 0.6 is 23.2 Å². The average Bonchev–Trinajstić information content (AvgIpc) is 2.80. The molecule has 2 aromatic carbocycles. The first-order valence-electron chi connectivity index (χ1n) is 11.3. The van der Waals surface area contributed by atoms with Crippen molar-refractivity contribution in [2.24, 2.45) is 0 Å². The minimum atomic E-state index is -0.794. The Hall–Kier alpha value is -3.04. The molecule has 0 aliphatic carbocycles. The highest BCUT2D eigenvalue weighted by molar-refractivity contribution is 6.31. The highest BCUT2D eigenvalue weighted by Gasteiger charge is 2.38. The summed E-state index contributed by atoms with van der Waals surface area (Å²) in [6.45, 7) is 4.90. The van der Waals surface area contributed by atoms with Gasteiger partial charge in [-0.2, -0.15) is 0 Å². The molecule has 1 fully saturated rings. The molecule has 0 radical (unpaired) electrons. The molecule has 1 saturated heterocycles. The van der Waals surface area contributed by atoms with E-state index in [9.17, 15) is 18.8 Å². The second kappa shape index (κ2) is 11.8. The molecule has 0 bridgehead atoms. The lowest BCUT2D eigenvalue weighted by Crippen LogP contribution is -2.58. The molecule has 36 heavy (non-hydrogen) atoms. The van der Waals surface area contributed by atoms with Gasteiger partial charge in [0.2, 0.25) is 5.91 Å². The molecule has 2 N–H and O–H groups in total. The minimum absolute atomic E-state index is 0.0501. The van der Waals surface area contributed by atoms with E-state index in [-0.39, 0.29) is 29.8 Å². The quantitative estimate of drug-likeness (QED) is 0.536. The Labute approximate surface area is 219 Å². The maximum absolute atomic E-state index is 13.6. The van der Waals surface area contributed by atoms with Gasteiger partial charge in [-0.3, -0.25) is 14.5 Å². The summed E-state index contributed by atoms with van der Waals surface area (Å²) in [4.78, 5) is 39.7. The van der Waals surface area contributed by atoms with Crippen molar-refractivity contribution in [3.8, 4) is 5.75 Å². The molecular formula is C25H28Cl2FN3O5. The number of hydrogen-bond acceptors (Lipinski definition) is 5. The van der Waals surface area contributed by atoms with Crippen molar-refractivity contribution in [1.29, 1.82) is 0 Å². The van der Waals surface area contributed by atoms with Crippen molar-refractivity contribution in [2.75, 3.05) is 18.5 Å². The predicted octanol–water partition coefficient (Wildman–Crippen LogP) is 5.03. The molecular weight excluding hydrogens is 512 g/mol. The number of benzene rings is 2. The fourth-order valence-corrected chi connectivity index (χ4v) is 3.87. The van der Waals surface area contributed by atoms with Crippen LogP contribution in [0.3, 0.4) is 0 Å². The van der Waals surface area contributed by atoms with Gasteiger partial charge >= 0.3 is 6.09 Å². The van der Waals surface area contributed by atoms with Gasteiger partial charge in [-0.15, -0.1) is 0 Å². The lowest BCUT2D eigenvalue weighted by molar-refractivity contribution is -0.125. The van der Waals surface area contributed by atoms with E-state index in [0.29, 0.717) is 23.6 Å². The predicted molar refractivity (Wildman–Crippen MR) is 135 cm³/mol. The Kier molecular flexibility index (Phi) is 9.03. The summed E-state index contributed by atoms with van der Waals surface area (Å²) in [5.41, 5.74) is -0.230. The second-order valence-corrected chi connectivity index (χ2v) is 10.2. The lowest BCUT2D eigenvalue weighted by atomic mass is 9.97. The zero-order valence-corrected chi connectivity index (χ0v) is 21.7. The van der Waals surface area contributed by atoms with Gasteiger partial charge in [0, 0.05) is 29.4 Å². The molecule has 0 saturated carbocycles. The van der Waals surface area contributed by atoms with Crippen molar-refractivity contribution in [2.45, 2.75) is 51.3 Å². The minimum Gasteiger partial charge on any atom is -0.484 e. The normalized spacial score (nSPS) is 17.8. The Morgan fingerprint density at radius 2 is 1.78 bits per heavy atom. The average molecular weight is 540 g/mol. The standard InChI is InChI=1S/C25H28Cl2FN3O5/c1-25(2,3)36-24(34)31-13-17(29-22(32)14-35-18-9-10-19(27)20(28)12-18)8-11-21(31)23(33)30-16-6-4-15(26)5-7-16/h4-7,9-10,12,17,21H,8,11,13-14H2,1-3H3,(H,29,32)(H,30,33)/t17-,21+/m1/s1. The molecule has 1 aliphatic heterocycles. The van der Waals surface area contributed by atoms with E-state index in [2.05, 4.69) is 10.6 Å². The van der Waals surface area contributed by atoms with Gasteiger partial charge in [-0.1, -0.05) is 23.2 Å². The van der Waals surface area contributed by atoms with Crippen LogP contribution in [0.2, 0.25) is 10.0 Å². The first kappa shape index (κ1) is 27.5. The first-order chi connectivity index (χ1) is 16.9. The smallest absolute Gasteiger partial charge is 0.411 e. The van der Waals surface area contributed by atoms with Crippen molar-refractivity contribution in [3.05, 3.63) is 58.3 Å². The van der Waals surface area contributed by atoms with E-state index in [0.717, 1.165) is 6.07 Å². The first-order valence-corrected chi connectivity index (χ1v) is 12.1. The van der Waals surface area contributed by atoms with Crippen LogP contribution in [-0.4, -0.2) is 53.6 Å².